The zero-order valence-electron chi connectivity index (χ0n) is 12.9. The molecule has 0 atom stereocenters. The summed E-state index contributed by atoms with van der Waals surface area (Å²) in [5.41, 5.74) is 0.506. The normalized spacial score (nSPS) is 10.7. The van der Waals surface area contributed by atoms with E-state index >= 15 is 0 Å². The van der Waals surface area contributed by atoms with Gasteiger partial charge in [-0.2, -0.15) is 0 Å². The lowest BCUT2D eigenvalue weighted by molar-refractivity contribution is -0.129. The Kier molecular flexibility index (Phi) is 7.02. The van der Waals surface area contributed by atoms with Crippen molar-refractivity contribution in [3.63, 3.8) is 0 Å². The Morgan fingerprint density at radius 3 is 2.24 bits per heavy atom. The third-order valence-electron chi connectivity index (χ3n) is 3.22. The maximum Gasteiger partial charge on any atom is 0.236 e. The predicted octanol–water partition coefficient (Wildman–Crippen LogP) is 2.20. The van der Waals surface area contributed by atoms with Gasteiger partial charge < -0.3 is 4.90 Å². The summed E-state index contributed by atoms with van der Waals surface area (Å²) in [5.74, 6) is -0.359. The van der Waals surface area contributed by atoms with E-state index in [1.54, 1.807) is 19.0 Å². The first kappa shape index (κ1) is 17.3. The molecule has 0 saturated carbocycles. The molecule has 0 spiro atoms. The molecule has 0 aromatic heterocycles. The predicted molar refractivity (Wildman–Crippen MR) is 80.8 cm³/mol. The number of hydrogen-bond donors (Lipinski definition) is 0. The summed E-state index contributed by atoms with van der Waals surface area (Å²) in [6.07, 6.45) is 1.25. The second-order valence-corrected chi connectivity index (χ2v) is 5.24. The van der Waals surface area contributed by atoms with E-state index in [-0.39, 0.29) is 17.5 Å². The van der Waals surface area contributed by atoms with Crippen LogP contribution < -0.4 is 0 Å². The summed E-state index contributed by atoms with van der Waals surface area (Å²) in [4.78, 5) is 27.3. The van der Waals surface area contributed by atoms with Crippen molar-refractivity contribution >= 4 is 11.7 Å². The highest BCUT2D eigenvalue weighted by Gasteiger charge is 2.14. The summed E-state index contributed by atoms with van der Waals surface area (Å²) in [6.45, 7) is 3.66. The second-order valence-electron chi connectivity index (χ2n) is 5.24. The maximum absolute atomic E-state index is 12.8. The van der Waals surface area contributed by atoms with Crippen LogP contribution in [0.5, 0.6) is 0 Å². The summed E-state index contributed by atoms with van der Waals surface area (Å²) in [6, 6.07) is 5.55. The van der Waals surface area contributed by atoms with E-state index in [9.17, 15) is 14.0 Å². The molecule has 1 rings (SSSR count). The summed E-state index contributed by atoms with van der Waals surface area (Å²) in [5, 5.41) is 0. The van der Waals surface area contributed by atoms with Crippen molar-refractivity contribution in [2.75, 3.05) is 33.7 Å². The summed E-state index contributed by atoms with van der Waals surface area (Å²) in [7, 11) is 3.44. The molecule has 21 heavy (non-hydrogen) atoms. The Hall–Kier alpha value is -1.75. The number of halogens is 1. The van der Waals surface area contributed by atoms with Crippen LogP contribution in [0.15, 0.2) is 24.3 Å². The highest BCUT2D eigenvalue weighted by atomic mass is 19.1. The Bertz CT molecular complexity index is 472. The van der Waals surface area contributed by atoms with Gasteiger partial charge in [0.15, 0.2) is 5.78 Å². The summed E-state index contributed by atoms with van der Waals surface area (Å²) < 4.78 is 12.8. The van der Waals surface area contributed by atoms with Crippen molar-refractivity contribution in [2.24, 2.45) is 0 Å². The topological polar surface area (TPSA) is 40.6 Å². The zero-order chi connectivity index (χ0) is 15.8. The van der Waals surface area contributed by atoms with Gasteiger partial charge in [-0.05, 0) is 37.2 Å². The number of carbonyl (C=O) groups excluding carboxylic acids is 2. The quantitative estimate of drug-likeness (QED) is 0.690. The third-order valence-corrected chi connectivity index (χ3v) is 3.22. The lowest BCUT2D eigenvalue weighted by Gasteiger charge is -2.22. The number of nitrogens with zero attached hydrogens (tertiary/aromatic N) is 2. The molecule has 0 aliphatic carbocycles. The molecule has 0 N–H and O–H groups in total. The fourth-order valence-electron chi connectivity index (χ4n) is 1.96. The van der Waals surface area contributed by atoms with Crippen LogP contribution in [0.3, 0.4) is 0 Å². The monoisotopic (exact) mass is 294 g/mol. The van der Waals surface area contributed by atoms with Crippen LogP contribution in [0.4, 0.5) is 4.39 Å². The molecule has 0 fully saturated rings. The Balaban J connectivity index is 2.54. The molecule has 116 valence electrons. The summed E-state index contributed by atoms with van der Waals surface area (Å²) >= 11 is 0. The van der Waals surface area contributed by atoms with Crippen LogP contribution in [0.2, 0.25) is 0 Å². The lowest BCUT2D eigenvalue weighted by Crippen LogP contribution is -2.38. The molecule has 0 saturated heterocycles. The Morgan fingerprint density at radius 2 is 1.71 bits per heavy atom. The number of rotatable bonds is 8. The van der Waals surface area contributed by atoms with Crippen LogP contribution in [0, 0.1) is 5.82 Å². The molecule has 1 amide bonds. The minimum atomic E-state index is -0.351. The number of likely N-dealkylation sites (N-methyl/N-ethyl adjacent to an activating group) is 1. The molecule has 1 aromatic rings. The molecule has 5 heteroatoms. The van der Waals surface area contributed by atoms with Crippen LogP contribution in [-0.4, -0.2) is 55.2 Å². The Labute approximate surface area is 125 Å². The molecule has 1 aromatic carbocycles. The van der Waals surface area contributed by atoms with Crippen LogP contribution >= 0.6 is 0 Å². The molecular formula is C16H23FN2O2. The molecule has 4 nitrogen and oxygen atoms in total. The average Bonchev–Trinajstić information content (AvgIpc) is 2.45. The van der Waals surface area contributed by atoms with Gasteiger partial charge in [0.2, 0.25) is 5.91 Å². The van der Waals surface area contributed by atoms with Crippen LogP contribution in [0.25, 0.3) is 0 Å². The maximum atomic E-state index is 12.8. The zero-order valence-corrected chi connectivity index (χ0v) is 12.9. The molecule has 0 radical (unpaired) electrons. The Morgan fingerprint density at radius 1 is 1.10 bits per heavy atom. The van der Waals surface area contributed by atoms with Crippen molar-refractivity contribution < 1.29 is 14.0 Å². The standard InChI is InChI=1S/C16H23FN2O2/c1-4-10-19(12-16(21)18(2)3)11-9-15(20)13-5-7-14(17)8-6-13/h5-8H,4,9-12H2,1-3H3. The van der Waals surface area contributed by atoms with Gasteiger partial charge in [0, 0.05) is 32.6 Å². The molecule has 0 unspecified atom stereocenters. The van der Waals surface area contributed by atoms with E-state index in [1.165, 1.54) is 24.3 Å². The van der Waals surface area contributed by atoms with E-state index in [0.717, 1.165) is 13.0 Å². The lowest BCUT2D eigenvalue weighted by atomic mass is 10.1. The first-order valence-electron chi connectivity index (χ1n) is 7.15. The first-order valence-corrected chi connectivity index (χ1v) is 7.15. The van der Waals surface area contributed by atoms with Gasteiger partial charge in [-0.1, -0.05) is 6.92 Å². The molecule has 0 bridgehead atoms. The van der Waals surface area contributed by atoms with E-state index in [4.69, 9.17) is 0 Å². The minimum absolute atomic E-state index is 0.0256. The smallest absolute Gasteiger partial charge is 0.236 e. The van der Waals surface area contributed by atoms with Gasteiger partial charge >= 0.3 is 0 Å². The van der Waals surface area contributed by atoms with Gasteiger partial charge in [0.25, 0.3) is 0 Å². The highest BCUT2D eigenvalue weighted by molar-refractivity contribution is 5.96. The van der Waals surface area contributed by atoms with Crippen LogP contribution in [-0.2, 0) is 4.79 Å². The average molecular weight is 294 g/mol. The van der Waals surface area contributed by atoms with Crippen LogP contribution in [0.1, 0.15) is 30.1 Å². The van der Waals surface area contributed by atoms with Crippen molar-refractivity contribution in [1.82, 2.24) is 9.80 Å². The number of ketones is 1. The number of carbonyl (C=O) groups is 2. The van der Waals surface area contributed by atoms with E-state index < -0.39 is 0 Å². The molecule has 0 heterocycles. The van der Waals surface area contributed by atoms with Crippen molar-refractivity contribution in [3.8, 4) is 0 Å². The van der Waals surface area contributed by atoms with Gasteiger partial charge in [0.05, 0.1) is 6.54 Å². The van der Waals surface area contributed by atoms with Crippen molar-refractivity contribution in [2.45, 2.75) is 19.8 Å². The third kappa shape index (κ3) is 6.04. The molecule has 0 aliphatic rings. The van der Waals surface area contributed by atoms with E-state index in [2.05, 4.69) is 0 Å². The number of hydrogen-bond acceptors (Lipinski definition) is 3. The van der Waals surface area contributed by atoms with Gasteiger partial charge in [-0.15, -0.1) is 0 Å². The van der Waals surface area contributed by atoms with E-state index in [1.807, 2.05) is 11.8 Å². The molecular weight excluding hydrogens is 271 g/mol. The highest BCUT2D eigenvalue weighted by Crippen LogP contribution is 2.07. The van der Waals surface area contributed by atoms with E-state index in [0.29, 0.717) is 25.1 Å². The van der Waals surface area contributed by atoms with Crippen molar-refractivity contribution in [1.29, 1.82) is 0 Å². The van der Waals surface area contributed by atoms with Gasteiger partial charge in [-0.3, -0.25) is 14.5 Å². The van der Waals surface area contributed by atoms with Crippen molar-refractivity contribution in [3.05, 3.63) is 35.6 Å². The SMILES string of the molecule is CCCN(CCC(=O)c1ccc(F)cc1)CC(=O)N(C)C. The largest absolute Gasteiger partial charge is 0.348 e. The molecule has 0 aliphatic heterocycles. The number of amides is 1. The number of Topliss-reactive ketones (excluding diaryl/α,β-unsaturated/α-hetero) is 1. The minimum Gasteiger partial charge on any atom is -0.348 e. The van der Waals surface area contributed by atoms with Gasteiger partial charge in [0.1, 0.15) is 5.82 Å². The fourth-order valence-corrected chi connectivity index (χ4v) is 1.96. The second kappa shape index (κ2) is 8.52. The number of benzene rings is 1. The first-order chi connectivity index (χ1) is 9.93. The fraction of sp³-hybridized carbons (Fsp3) is 0.500. The van der Waals surface area contributed by atoms with Gasteiger partial charge in [-0.25, -0.2) is 4.39 Å².